The molecule has 0 atom stereocenters. The van der Waals surface area contributed by atoms with E-state index in [0.29, 0.717) is 19.4 Å². The van der Waals surface area contributed by atoms with Gasteiger partial charge in [0, 0.05) is 0 Å². The van der Waals surface area contributed by atoms with E-state index in [1.807, 2.05) is 48.5 Å². The van der Waals surface area contributed by atoms with E-state index in [9.17, 15) is 9.59 Å². The standard InChI is InChI=1S/C24H30O6/c1-4-28-23(25)22(24(26)29-5-2)8-6-7-17-30-21-15-11-19(12-16-21)18-9-13-20(27-3)14-10-18/h9-16,22H,4-8,17H2,1-3H3. The Hall–Kier alpha value is -3.02. The number of ether oxygens (including phenoxy) is 4. The van der Waals surface area contributed by atoms with Crippen molar-refractivity contribution in [2.24, 2.45) is 5.92 Å². The van der Waals surface area contributed by atoms with Crippen LogP contribution >= 0.6 is 0 Å². The maximum atomic E-state index is 12.0. The molecule has 2 aromatic rings. The molecule has 2 rings (SSSR count). The van der Waals surface area contributed by atoms with Crippen LogP contribution in [0.25, 0.3) is 11.1 Å². The molecule has 0 heterocycles. The third kappa shape index (κ3) is 7.10. The molecule has 162 valence electrons. The predicted octanol–water partition coefficient (Wildman–Crippen LogP) is 4.65. The fourth-order valence-corrected chi connectivity index (χ4v) is 2.99. The van der Waals surface area contributed by atoms with E-state index in [1.165, 1.54) is 0 Å². The zero-order chi connectivity index (χ0) is 21.8. The monoisotopic (exact) mass is 414 g/mol. The van der Waals surface area contributed by atoms with Gasteiger partial charge in [-0.2, -0.15) is 0 Å². The molecule has 0 bridgehead atoms. The first-order valence-corrected chi connectivity index (χ1v) is 10.3. The highest BCUT2D eigenvalue weighted by molar-refractivity contribution is 5.94. The Morgan fingerprint density at radius 1 is 0.767 bits per heavy atom. The second-order valence-corrected chi connectivity index (χ2v) is 6.65. The highest BCUT2D eigenvalue weighted by atomic mass is 16.6. The predicted molar refractivity (Wildman–Crippen MR) is 115 cm³/mol. The van der Waals surface area contributed by atoms with Gasteiger partial charge in [0.05, 0.1) is 26.9 Å². The van der Waals surface area contributed by atoms with Gasteiger partial charge in [0.1, 0.15) is 11.5 Å². The van der Waals surface area contributed by atoms with Gasteiger partial charge in [-0.15, -0.1) is 0 Å². The first-order chi connectivity index (χ1) is 14.6. The molecule has 0 radical (unpaired) electrons. The van der Waals surface area contributed by atoms with Gasteiger partial charge in [-0.05, 0) is 68.5 Å². The van der Waals surface area contributed by atoms with Crippen LogP contribution in [0.5, 0.6) is 11.5 Å². The van der Waals surface area contributed by atoms with E-state index >= 15 is 0 Å². The number of methoxy groups -OCH3 is 1. The molecule has 0 N–H and O–H groups in total. The van der Waals surface area contributed by atoms with Gasteiger partial charge in [0.2, 0.25) is 0 Å². The highest BCUT2D eigenvalue weighted by Gasteiger charge is 2.28. The number of esters is 2. The molecule has 0 amide bonds. The van der Waals surface area contributed by atoms with E-state index < -0.39 is 17.9 Å². The van der Waals surface area contributed by atoms with Crippen LogP contribution in [0.4, 0.5) is 0 Å². The van der Waals surface area contributed by atoms with Crippen LogP contribution in [0.2, 0.25) is 0 Å². The Kier molecular flexibility index (Phi) is 9.71. The largest absolute Gasteiger partial charge is 0.497 e. The average molecular weight is 414 g/mol. The third-order valence-corrected chi connectivity index (χ3v) is 4.58. The molecule has 0 saturated carbocycles. The molecule has 2 aromatic carbocycles. The minimum absolute atomic E-state index is 0.240. The molecular weight excluding hydrogens is 384 g/mol. The van der Waals surface area contributed by atoms with Crippen LogP contribution in [0.1, 0.15) is 33.1 Å². The Morgan fingerprint density at radius 2 is 1.27 bits per heavy atom. The van der Waals surface area contributed by atoms with Gasteiger partial charge in [-0.1, -0.05) is 24.3 Å². The second kappa shape index (κ2) is 12.5. The van der Waals surface area contributed by atoms with Crippen LogP contribution < -0.4 is 9.47 Å². The van der Waals surface area contributed by atoms with Crippen molar-refractivity contribution < 1.29 is 28.5 Å². The topological polar surface area (TPSA) is 71.1 Å². The van der Waals surface area contributed by atoms with E-state index in [1.54, 1.807) is 21.0 Å². The molecule has 30 heavy (non-hydrogen) atoms. The SMILES string of the molecule is CCOC(=O)C(CCCCOc1ccc(-c2ccc(OC)cc2)cc1)C(=O)OCC. The molecule has 6 nitrogen and oxygen atoms in total. The number of carbonyl (C=O) groups excluding carboxylic acids is 2. The summed E-state index contributed by atoms with van der Waals surface area (Å²) in [7, 11) is 1.65. The van der Waals surface area contributed by atoms with Gasteiger partial charge in [-0.25, -0.2) is 0 Å². The molecule has 0 spiro atoms. The maximum Gasteiger partial charge on any atom is 0.320 e. The zero-order valence-corrected chi connectivity index (χ0v) is 17.9. The van der Waals surface area contributed by atoms with Crippen LogP contribution in [0, 0.1) is 5.92 Å². The fraction of sp³-hybridized carbons (Fsp3) is 0.417. The number of unbranched alkanes of at least 4 members (excludes halogenated alkanes) is 1. The smallest absolute Gasteiger partial charge is 0.320 e. The van der Waals surface area contributed by atoms with Crippen LogP contribution in [-0.2, 0) is 19.1 Å². The molecular formula is C24H30O6. The fourth-order valence-electron chi connectivity index (χ4n) is 2.99. The van der Waals surface area contributed by atoms with Crippen molar-refractivity contribution in [3.05, 3.63) is 48.5 Å². The Balaban J connectivity index is 1.78. The minimum atomic E-state index is -0.867. The summed E-state index contributed by atoms with van der Waals surface area (Å²) in [6, 6.07) is 15.8. The van der Waals surface area contributed by atoms with Crippen molar-refractivity contribution in [2.45, 2.75) is 33.1 Å². The van der Waals surface area contributed by atoms with Gasteiger partial charge < -0.3 is 18.9 Å². The van der Waals surface area contributed by atoms with E-state index in [2.05, 4.69) is 0 Å². The van der Waals surface area contributed by atoms with Crippen molar-refractivity contribution in [3.8, 4) is 22.6 Å². The number of hydrogen-bond donors (Lipinski definition) is 0. The average Bonchev–Trinajstić information content (AvgIpc) is 2.77. The summed E-state index contributed by atoms with van der Waals surface area (Å²) in [5.74, 6) is -0.308. The molecule has 0 aliphatic carbocycles. The van der Waals surface area contributed by atoms with Crippen molar-refractivity contribution in [2.75, 3.05) is 26.9 Å². The van der Waals surface area contributed by atoms with Gasteiger partial charge in [0.25, 0.3) is 0 Å². The normalized spacial score (nSPS) is 10.5. The maximum absolute atomic E-state index is 12.0. The molecule has 0 aliphatic heterocycles. The summed E-state index contributed by atoms with van der Waals surface area (Å²) in [5, 5.41) is 0. The van der Waals surface area contributed by atoms with Crippen molar-refractivity contribution in [1.29, 1.82) is 0 Å². The minimum Gasteiger partial charge on any atom is -0.497 e. The summed E-state index contributed by atoms with van der Waals surface area (Å²) in [4.78, 5) is 23.9. The molecule has 0 unspecified atom stereocenters. The summed E-state index contributed by atoms with van der Waals surface area (Å²) < 4.78 is 20.9. The van der Waals surface area contributed by atoms with E-state index in [4.69, 9.17) is 18.9 Å². The number of rotatable bonds is 12. The lowest BCUT2D eigenvalue weighted by Gasteiger charge is -2.14. The number of benzene rings is 2. The first kappa shape index (κ1) is 23.3. The van der Waals surface area contributed by atoms with Crippen molar-refractivity contribution in [1.82, 2.24) is 0 Å². The Morgan fingerprint density at radius 3 is 1.73 bits per heavy atom. The molecule has 0 fully saturated rings. The lowest BCUT2D eigenvalue weighted by Crippen LogP contribution is -2.28. The molecule has 0 aromatic heterocycles. The van der Waals surface area contributed by atoms with Crippen LogP contribution in [-0.4, -0.2) is 38.9 Å². The van der Waals surface area contributed by atoms with Gasteiger partial charge >= 0.3 is 11.9 Å². The lowest BCUT2D eigenvalue weighted by atomic mass is 10.0. The summed E-state index contributed by atoms with van der Waals surface area (Å²) >= 11 is 0. The van der Waals surface area contributed by atoms with Crippen molar-refractivity contribution >= 4 is 11.9 Å². The third-order valence-electron chi connectivity index (χ3n) is 4.58. The quantitative estimate of drug-likeness (QED) is 0.286. The molecule has 0 saturated heterocycles. The zero-order valence-electron chi connectivity index (χ0n) is 17.9. The summed E-state index contributed by atoms with van der Waals surface area (Å²) in [6.45, 7) is 4.41. The Bertz CT molecular complexity index is 764. The van der Waals surface area contributed by atoms with E-state index in [-0.39, 0.29) is 13.2 Å². The van der Waals surface area contributed by atoms with Crippen molar-refractivity contribution in [3.63, 3.8) is 0 Å². The van der Waals surface area contributed by atoms with E-state index in [0.717, 1.165) is 29.0 Å². The van der Waals surface area contributed by atoms with Gasteiger partial charge in [-0.3, -0.25) is 9.59 Å². The van der Waals surface area contributed by atoms with Crippen LogP contribution in [0.15, 0.2) is 48.5 Å². The molecule has 0 aliphatic rings. The van der Waals surface area contributed by atoms with Gasteiger partial charge in [0.15, 0.2) is 5.92 Å². The highest BCUT2D eigenvalue weighted by Crippen LogP contribution is 2.24. The second-order valence-electron chi connectivity index (χ2n) is 6.65. The Labute approximate surface area is 178 Å². The summed E-state index contributed by atoms with van der Waals surface area (Å²) in [6.07, 6.45) is 1.76. The number of carbonyl (C=O) groups is 2. The molecule has 6 heteroatoms. The summed E-state index contributed by atoms with van der Waals surface area (Å²) in [5.41, 5.74) is 2.20. The first-order valence-electron chi connectivity index (χ1n) is 10.3. The lowest BCUT2D eigenvalue weighted by molar-refractivity contribution is -0.162. The van der Waals surface area contributed by atoms with Crippen LogP contribution in [0.3, 0.4) is 0 Å². The number of hydrogen-bond acceptors (Lipinski definition) is 6.